The Bertz CT molecular complexity index is 833. The molecule has 1 aliphatic rings. The summed E-state index contributed by atoms with van der Waals surface area (Å²) in [5, 5.41) is 11.5. The molecule has 1 aliphatic heterocycles. The number of amides is 4. The zero-order valence-electron chi connectivity index (χ0n) is 14.1. The van der Waals surface area contributed by atoms with E-state index in [2.05, 4.69) is 20.8 Å². The van der Waals surface area contributed by atoms with E-state index < -0.39 is 18.0 Å². The number of benzene rings is 1. The molecule has 3 N–H and O–H groups in total. The lowest BCUT2D eigenvalue weighted by atomic mass is 10.1. The van der Waals surface area contributed by atoms with Crippen LogP contribution < -0.4 is 10.6 Å². The summed E-state index contributed by atoms with van der Waals surface area (Å²) in [6.07, 6.45) is 1.92. The Morgan fingerprint density at radius 1 is 1.31 bits per heavy atom. The zero-order valence-corrected chi connectivity index (χ0v) is 14.1. The maximum atomic E-state index is 13.1. The maximum Gasteiger partial charge on any atom is 0.322 e. The monoisotopic (exact) mass is 359 g/mol. The topological polar surface area (TPSA) is 107 Å². The zero-order chi connectivity index (χ0) is 18.7. The smallest absolute Gasteiger partial charge is 0.322 e. The Kier molecular flexibility index (Phi) is 4.97. The molecule has 136 valence electrons. The first-order chi connectivity index (χ1) is 12.4. The normalized spacial score (nSPS) is 17.2. The predicted octanol–water partition coefficient (Wildman–Crippen LogP) is 1.16. The average Bonchev–Trinajstić information content (AvgIpc) is 2.99. The average molecular weight is 359 g/mol. The summed E-state index contributed by atoms with van der Waals surface area (Å²) < 4.78 is 13.1. The van der Waals surface area contributed by atoms with Gasteiger partial charge in [-0.3, -0.25) is 20.0 Å². The van der Waals surface area contributed by atoms with Crippen molar-refractivity contribution in [1.82, 2.24) is 25.7 Å². The summed E-state index contributed by atoms with van der Waals surface area (Å²) in [6.45, 7) is 0.246. The second-order valence-electron chi connectivity index (χ2n) is 6.08. The van der Waals surface area contributed by atoms with Crippen molar-refractivity contribution in [2.75, 3.05) is 7.05 Å². The third-order valence-electron chi connectivity index (χ3n) is 4.15. The van der Waals surface area contributed by atoms with Gasteiger partial charge < -0.3 is 10.2 Å². The van der Waals surface area contributed by atoms with Gasteiger partial charge in [0.15, 0.2) is 0 Å². The fraction of sp³-hybridized carbons (Fsp3) is 0.294. The highest BCUT2D eigenvalue weighted by molar-refractivity contribution is 5.98. The number of halogens is 1. The van der Waals surface area contributed by atoms with Gasteiger partial charge in [0.2, 0.25) is 11.8 Å². The van der Waals surface area contributed by atoms with Crippen LogP contribution in [0.2, 0.25) is 0 Å². The fourth-order valence-corrected chi connectivity index (χ4v) is 2.81. The van der Waals surface area contributed by atoms with Crippen molar-refractivity contribution >= 4 is 17.8 Å². The first kappa shape index (κ1) is 17.6. The molecule has 0 radical (unpaired) electrons. The SMILES string of the molecule is CN(Cc1cn[nH]c1-c1ccc(F)cc1)C(=O)[C@@H]1CCC(=O)NC(=O)N1. The Hall–Kier alpha value is -3.23. The number of H-pyrrole nitrogens is 1. The number of aromatic nitrogens is 2. The molecule has 0 aliphatic carbocycles. The Morgan fingerprint density at radius 2 is 2.04 bits per heavy atom. The van der Waals surface area contributed by atoms with Crippen molar-refractivity contribution in [1.29, 1.82) is 0 Å². The molecule has 2 heterocycles. The Balaban J connectivity index is 1.72. The van der Waals surface area contributed by atoms with Crippen LogP contribution in [-0.2, 0) is 16.1 Å². The molecule has 0 saturated carbocycles. The van der Waals surface area contributed by atoms with E-state index in [1.807, 2.05) is 0 Å². The lowest BCUT2D eigenvalue weighted by molar-refractivity contribution is -0.132. The molecule has 1 aromatic carbocycles. The van der Waals surface area contributed by atoms with Crippen LogP contribution in [0, 0.1) is 5.82 Å². The molecule has 2 aromatic rings. The molecule has 26 heavy (non-hydrogen) atoms. The lowest BCUT2D eigenvalue weighted by Crippen LogP contribution is -2.48. The van der Waals surface area contributed by atoms with Crippen LogP contribution in [0.3, 0.4) is 0 Å². The van der Waals surface area contributed by atoms with Gasteiger partial charge in [0.1, 0.15) is 11.9 Å². The number of nitrogens with zero attached hydrogens (tertiary/aromatic N) is 2. The van der Waals surface area contributed by atoms with Crippen molar-refractivity contribution < 1.29 is 18.8 Å². The lowest BCUT2D eigenvalue weighted by Gasteiger charge is -2.23. The van der Waals surface area contributed by atoms with Gasteiger partial charge in [0.25, 0.3) is 0 Å². The van der Waals surface area contributed by atoms with E-state index in [1.165, 1.54) is 17.0 Å². The molecule has 0 spiro atoms. The third-order valence-corrected chi connectivity index (χ3v) is 4.15. The standard InChI is InChI=1S/C17H18FN5O3/c1-23(16(25)13-6-7-14(24)21-17(26)20-13)9-11-8-19-22-15(11)10-2-4-12(18)5-3-10/h2-5,8,13H,6-7,9H2,1H3,(H,19,22)(H2,20,21,24,26)/t13-/m0/s1. The van der Waals surface area contributed by atoms with E-state index in [0.717, 1.165) is 11.1 Å². The van der Waals surface area contributed by atoms with Gasteiger partial charge in [0.05, 0.1) is 11.9 Å². The van der Waals surface area contributed by atoms with Gasteiger partial charge in [-0.2, -0.15) is 5.10 Å². The Morgan fingerprint density at radius 3 is 2.77 bits per heavy atom. The first-order valence-electron chi connectivity index (χ1n) is 8.07. The quantitative estimate of drug-likeness (QED) is 0.761. The van der Waals surface area contributed by atoms with Crippen LogP contribution >= 0.6 is 0 Å². The molecule has 1 fully saturated rings. The minimum atomic E-state index is -0.771. The highest BCUT2D eigenvalue weighted by Gasteiger charge is 2.28. The summed E-state index contributed by atoms with van der Waals surface area (Å²) in [7, 11) is 1.61. The van der Waals surface area contributed by atoms with Crippen LogP contribution in [0.5, 0.6) is 0 Å². The van der Waals surface area contributed by atoms with E-state index in [4.69, 9.17) is 0 Å². The second kappa shape index (κ2) is 7.34. The molecular weight excluding hydrogens is 341 g/mol. The van der Waals surface area contributed by atoms with Gasteiger partial charge >= 0.3 is 6.03 Å². The van der Waals surface area contributed by atoms with E-state index >= 15 is 0 Å². The number of rotatable bonds is 4. The van der Waals surface area contributed by atoms with Gasteiger partial charge in [-0.15, -0.1) is 0 Å². The molecule has 9 heteroatoms. The molecule has 0 bridgehead atoms. The molecular formula is C17H18FN5O3. The van der Waals surface area contributed by atoms with E-state index in [9.17, 15) is 18.8 Å². The van der Waals surface area contributed by atoms with Gasteiger partial charge in [-0.1, -0.05) is 0 Å². The van der Waals surface area contributed by atoms with E-state index in [-0.39, 0.29) is 31.1 Å². The number of hydrogen-bond donors (Lipinski definition) is 3. The number of likely N-dealkylation sites (N-methyl/N-ethyl adjacent to an activating group) is 1. The number of nitrogens with one attached hydrogen (secondary N) is 3. The van der Waals surface area contributed by atoms with Crippen molar-refractivity contribution in [3.05, 3.63) is 41.8 Å². The summed E-state index contributed by atoms with van der Waals surface area (Å²) >= 11 is 0. The Labute approximate surface area is 148 Å². The summed E-state index contributed by atoms with van der Waals surface area (Å²) in [5.41, 5.74) is 2.19. The largest absolute Gasteiger partial charge is 0.340 e. The fourth-order valence-electron chi connectivity index (χ4n) is 2.81. The first-order valence-corrected chi connectivity index (χ1v) is 8.07. The minimum Gasteiger partial charge on any atom is -0.340 e. The van der Waals surface area contributed by atoms with Gasteiger partial charge in [-0.05, 0) is 30.7 Å². The summed E-state index contributed by atoms with van der Waals surface area (Å²) in [6, 6.07) is 4.50. The molecule has 1 atom stereocenters. The predicted molar refractivity (Wildman–Crippen MR) is 90.2 cm³/mol. The second-order valence-corrected chi connectivity index (χ2v) is 6.08. The molecule has 1 aromatic heterocycles. The highest BCUT2D eigenvalue weighted by atomic mass is 19.1. The van der Waals surface area contributed by atoms with Crippen LogP contribution in [0.1, 0.15) is 18.4 Å². The van der Waals surface area contributed by atoms with Gasteiger partial charge in [0, 0.05) is 31.1 Å². The summed E-state index contributed by atoms with van der Waals surface area (Å²) in [4.78, 5) is 37.0. The maximum absolute atomic E-state index is 13.1. The highest BCUT2D eigenvalue weighted by Crippen LogP contribution is 2.22. The molecule has 1 saturated heterocycles. The molecule has 8 nitrogen and oxygen atoms in total. The number of hydrogen-bond acceptors (Lipinski definition) is 4. The van der Waals surface area contributed by atoms with Crippen LogP contribution in [0.15, 0.2) is 30.5 Å². The van der Waals surface area contributed by atoms with Crippen molar-refractivity contribution in [2.24, 2.45) is 0 Å². The number of imide groups is 1. The van der Waals surface area contributed by atoms with Crippen LogP contribution in [0.4, 0.5) is 9.18 Å². The number of carbonyl (C=O) groups is 3. The van der Waals surface area contributed by atoms with Gasteiger partial charge in [-0.25, -0.2) is 9.18 Å². The number of urea groups is 1. The molecule has 4 amide bonds. The third kappa shape index (κ3) is 3.88. The van der Waals surface area contributed by atoms with Crippen molar-refractivity contribution in [3.8, 4) is 11.3 Å². The van der Waals surface area contributed by atoms with E-state index in [1.54, 1.807) is 25.4 Å². The van der Waals surface area contributed by atoms with Crippen molar-refractivity contribution in [2.45, 2.75) is 25.4 Å². The van der Waals surface area contributed by atoms with Crippen LogP contribution in [0.25, 0.3) is 11.3 Å². The van der Waals surface area contributed by atoms with Crippen molar-refractivity contribution in [3.63, 3.8) is 0 Å². The van der Waals surface area contributed by atoms with E-state index in [0.29, 0.717) is 5.69 Å². The molecule has 0 unspecified atom stereocenters. The number of aromatic amines is 1. The summed E-state index contributed by atoms with van der Waals surface area (Å²) in [5.74, 6) is -1.05. The molecule has 3 rings (SSSR count). The number of carbonyl (C=O) groups excluding carboxylic acids is 3. The van der Waals surface area contributed by atoms with Crippen LogP contribution in [-0.4, -0.2) is 46.0 Å². The minimum absolute atomic E-state index is 0.0928.